The minimum atomic E-state index is 0.625. The van der Waals surface area contributed by atoms with Crippen molar-refractivity contribution in [3.8, 4) is 0 Å². The van der Waals surface area contributed by atoms with Crippen molar-refractivity contribution in [2.75, 3.05) is 0 Å². The number of aromatic nitrogens is 3. The van der Waals surface area contributed by atoms with Crippen molar-refractivity contribution in [3.05, 3.63) is 64.6 Å². The van der Waals surface area contributed by atoms with Crippen LogP contribution in [0.1, 0.15) is 17.0 Å². The summed E-state index contributed by atoms with van der Waals surface area (Å²) in [6.07, 6.45) is 2.69. The summed E-state index contributed by atoms with van der Waals surface area (Å²) in [4.78, 5) is 0. The minimum absolute atomic E-state index is 0.625. The molecule has 0 radical (unpaired) electrons. The van der Waals surface area contributed by atoms with Gasteiger partial charge in [-0.15, -0.1) is 10.2 Å². The Kier molecular flexibility index (Phi) is 2.76. The van der Waals surface area contributed by atoms with Gasteiger partial charge in [-0.3, -0.25) is 4.40 Å². The van der Waals surface area contributed by atoms with Gasteiger partial charge < -0.3 is 0 Å². The Bertz CT molecular complexity index is 703. The molecule has 2 aromatic heterocycles. The first-order valence-electron chi connectivity index (χ1n) is 5.78. The van der Waals surface area contributed by atoms with Crippen molar-refractivity contribution in [3.63, 3.8) is 0 Å². The van der Waals surface area contributed by atoms with Gasteiger partial charge in [0, 0.05) is 12.6 Å². The SMILES string of the molecule is Cc1cccc(Cc2nnc3c(Cl)cccn23)c1. The van der Waals surface area contributed by atoms with Gasteiger partial charge in [-0.1, -0.05) is 41.4 Å². The molecule has 18 heavy (non-hydrogen) atoms. The molecule has 3 aromatic rings. The Morgan fingerprint density at radius 2 is 2.06 bits per heavy atom. The first-order valence-corrected chi connectivity index (χ1v) is 6.15. The maximum absolute atomic E-state index is 6.08. The molecule has 0 spiro atoms. The average Bonchev–Trinajstić information content (AvgIpc) is 2.74. The fourth-order valence-corrected chi connectivity index (χ4v) is 2.26. The van der Waals surface area contributed by atoms with Crippen molar-refractivity contribution in [2.45, 2.75) is 13.3 Å². The molecule has 0 aliphatic carbocycles. The highest BCUT2D eigenvalue weighted by Crippen LogP contribution is 2.17. The second-order valence-corrected chi connectivity index (χ2v) is 4.74. The lowest BCUT2D eigenvalue weighted by molar-refractivity contribution is 0.933. The highest BCUT2D eigenvalue weighted by molar-refractivity contribution is 6.33. The van der Waals surface area contributed by atoms with Gasteiger partial charge >= 0.3 is 0 Å². The first kappa shape index (κ1) is 11.2. The van der Waals surface area contributed by atoms with Gasteiger partial charge in [0.1, 0.15) is 5.82 Å². The molecule has 1 aromatic carbocycles. The maximum atomic E-state index is 6.08. The molecule has 0 bridgehead atoms. The summed E-state index contributed by atoms with van der Waals surface area (Å²) < 4.78 is 1.94. The second-order valence-electron chi connectivity index (χ2n) is 4.33. The molecule has 0 atom stereocenters. The maximum Gasteiger partial charge on any atom is 0.179 e. The van der Waals surface area contributed by atoms with E-state index in [9.17, 15) is 0 Å². The van der Waals surface area contributed by atoms with Gasteiger partial charge in [-0.2, -0.15) is 0 Å². The Morgan fingerprint density at radius 1 is 1.17 bits per heavy atom. The van der Waals surface area contributed by atoms with Crippen molar-refractivity contribution >= 4 is 17.2 Å². The van der Waals surface area contributed by atoms with Crippen LogP contribution in [0.5, 0.6) is 0 Å². The zero-order chi connectivity index (χ0) is 12.5. The van der Waals surface area contributed by atoms with E-state index in [0.29, 0.717) is 10.7 Å². The van der Waals surface area contributed by atoms with Gasteiger partial charge in [0.05, 0.1) is 5.02 Å². The summed E-state index contributed by atoms with van der Waals surface area (Å²) in [5.74, 6) is 0.901. The molecule has 0 saturated carbocycles. The Balaban J connectivity index is 2.03. The fraction of sp³-hybridized carbons (Fsp3) is 0.143. The van der Waals surface area contributed by atoms with Crippen LogP contribution in [0.2, 0.25) is 5.02 Å². The highest BCUT2D eigenvalue weighted by Gasteiger charge is 2.08. The Labute approximate surface area is 110 Å². The predicted octanol–water partition coefficient (Wildman–Crippen LogP) is 3.28. The van der Waals surface area contributed by atoms with Crippen molar-refractivity contribution in [1.82, 2.24) is 14.6 Å². The third-order valence-electron chi connectivity index (χ3n) is 2.90. The fourth-order valence-electron chi connectivity index (χ4n) is 2.06. The predicted molar refractivity (Wildman–Crippen MR) is 72.0 cm³/mol. The van der Waals surface area contributed by atoms with Crippen LogP contribution in [0, 0.1) is 6.92 Å². The van der Waals surface area contributed by atoms with E-state index >= 15 is 0 Å². The van der Waals surface area contributed by atoms with Crippen LogP contribution < -0.4 is 0 Å². The molecule has 0 N–H and O–H groups in total. The van der Waals surface area contributed by atoms with E-state index in [2.05, 4.69) is 41.4 Å². The largest absolute Gasteiger partial charge is 0.285 e. The molecule has 0 unspecified atom stereocenters. The summed E-state index contributed by atoms with van der Waals surface area (Å²) in [6, 6.07) is 12.1. The second kappa shape index (κ2) is 4.42. The third kappa shape index (κ3) is 1.97. The molecule has 3 rings (SSSR count). The van der Waals surface area contributed by atoms with E-state index in [1.54, 1.807) is 0 Å². The third-order valence-corrected chi connectivity index (χ3v) is 3.20. The topological polar surface area (TPSA) is 30.2 Å². The Morgan fingerprint density at radius 3 is 2.89 bits per heavy atom. The molecule has 2 heterocycles. The molecule has 0 saturated heterocycles. The van der Waals surface area contributed by atoms with Gasteiger partial charge in [0.15, 0.2) is 5.65 Å². The summed E-state index contributed by atoms with van der Waals surface area (Å²) >= 11 is 6.08. The molecule has 0 aliphatic rings. The smallest absolute Gasteiger partial charge is 0.179 e. The van der Waals surface area contributed by atoms with E-state index in [0.717, 1.165) is 12.2 Å². The number of hydrogen-bond acceptors (Lipinski definition) is 2. The van der Waals surface area contributed by atoms with Crippen LogP contribution in [0.15, 0.2) is 42.6 Å². The summed E-state index contributed by atoms with van der Waals surface area (Å²) in [6.45, 7) is 2.09. The molecule has 90 valence electrons. The van der Waals surface area contributed by atoms with Gasteiger partial charge in [-0.05, 0) is 24.6 Å². The number of aryl methyl sites for hydroxylation is 1. The van der Waals surface area contributed by atoms with E-state index in [4.69, 9.17) is 11.6 Å². The molecular weight excluding hydrogens is 246 g/mol. The van der Waals surface area contributed by atoms with Gasteiger partial charge in [0.25, 0.3) is 0 Å². The summed E-state index contributed by atoms with van der Waals surface area (Å²) in [7, 11) is 0. The zero-order valence-corrected chi connectivity index (χ0v) is 10.7. The van der Waals surface area contributed by atoms with Crippen molar-refractivity contribution < 1.29 is 0 Å². The van der Waals surface area contributed by atoms with Gasteiger partial charge in [-0.25, -0.2) is 0 Å². The van der Waals surface area contributed by atoms with Crippen LogP contribution in [0.25, 0.3) is 5.65 Å². The lowest BCUT2D eigenvalue weighted by atomic mass is 10.1. The molecule has 3 nitrogen and oxygen atoms in total. The standard InChI is InChI=1S/C14H12ClN3/c1-10-4-2-5-11(8-10)9-13-16-17-14-12(15)6-3-7-18(13)14/h2-8H,9H2,1H3. The number of rotatable bonds is 2. The number of fused-ring (bicyclic) bond motifs is 1. The molecular formula is C14H12ClN3. The molecule has 0 amide bonds. The van der Waals surface area contributed by atoms with Gasteiger partial charge in [0.2, 0.25) is 0 Å². The number of hydrogen-bond donors (Lipinski definition) is 0. The van der Waals surface area contributed by atoms with E-state index in [1.807, 2.05) is 22.7 Å². The van der Waals surface area contributed by atoms with Crippen LogP contribution >= 0.6 is 11.6 Å². The molecule has 4 heteroatoms. The lowest BCUT2D eigenvalue weighted by Crippen LogP contribution is -1.96. The van der Waals surface area contributed by atoms with Crippen molar-refractivity contribution in [1.29, 1.82) is 0 Å². The number of pyridine rings is 1. The summed E-state index contributed by atoms with van der Waals surface area (Å²) in [5.41, 5.74) is 3.19. The number of benzene rings is 1. The average molecular weight is 258 g/mol. The Hall–Kier alpha value is -1.87. The van der Waals surface area contributed by atoms with Crippen molar-refractivity contribution in [2.24, 2.45) is 0 Å². The summed E-state index contributed by atoms with van der Waals surface area (Å²) in [5, 5.41) is 8.95. The van der Waals surface area contributed by atoms with Crippen LogP contribution in [-0.2, 0) is 6.42 Å². The number of nitrogens with zero attached hydrogens (tertiary/aromatic N) is 3. The van der Waals surface area contributed by atoms with E-state index in [1.165, 1.54) is 11.1 Å². The van der Waals surface area contributed by atoms with E-state index in [-0.39, 0.29) is 0 Å². The number of halogens is 1. The lowest BCUT2D eigenvalue weighted by Gasteiger charge is -2.02. The minimum Gasteiger partial charge on any atom is -0.285 e. The zero-order valence-electron chi connectivity index (χ0n) is 9.97. The quantitative estimate of drug-likeness (QED) is 0.705. The van der Waals surface area contributed by atoms with Crippen LogP contribution in [-0.4, -0.2) is 14.6 Å². The monoisotopic (exact) mass is 257 g/mol. The first-order chi connectivity index (χ1) is 8.74. The normalized spacial score (nSPS) is 11.0. The van der Waals surface area contributed by atoms with Crippen LogP contribution in [0.4, 0.5) is 0 Å². The molecule has 0 aliphatic heterocycles. The molecule has 0 fully saturated rings. The highest BCUT2D eigenvalue weighted by atomic mass is 35.5. The van der Waals surface area contributed by atoms with E-state index < -0.39 is 0 Å². The van der Waals surface area contributed by atoms with Crippen LogP contribution in [0.3, 0.4) is 0 Å².